The second-order valence-corrected chi connectivity index (χ2v) is 10.2. The van der Waals surface area contributed by atoms with Gasteiger partial charge in [-0.25, -0.2) is 8.42 Å². The quantitative estimate of drug-likeness (QED) is 0.207. The van der Waals surface area contributed by atoms with Gasteiger partial charge in [-0.3, -0.25) is 19.6 Å². The molecule has 1 N–H and O–H groups in total. The molecule has 4 rings (SSSR count). The smallest absolute Gasteiger partial charge is 0.279 e. The summed E-state index contributed by atoms with van der Waals surface area (Å²) >= 11 is 1.15. The van der Waals surface area contributed by atoms with Crippen LogP contribution in [0.2, 0.25) is 0 Å². The average molecular weight is 525 g/mol. The molecular weight excluding hydrogens is 504 g/mol. The zero-order chi connectivity index (χ0) is 25.9. The fraction of sp³-hybridized carbons (Fsp3) is 0.0833. The van der Waals surface area contributed by atoms with Crippen LogP contribution < -0.4 is 14.3 Å². The van der Waals surface area contributed by atoms with Crippen molar-refractivity contribution in [1.82, 2.24) is 4.57 Å². The Morgan fingerprint density at radius 3 is 2.47 bits per heavy atom. The molecule has 0 saturated heterocycles. The fourth-order valence-corrected chi connectivity index (χ4v) is 5.50. The number of nitro benzene ring substituents is 1. The molecule has 3 aromatic carbocycles. The largest absolute Gasteiger partial charge is 0.497 e. The Labute approximate surface area is 210 Å². The minimum absolute atomic E-state index is 0.0555. The number of fused-ring (bicyclic) bond motifs is 1. The molecule has 184 valence electrons. The van der Waals surface area contributed by atoms with E-state index in [1.54, 1.807) is 28.8 Å². The van der Waals surface area contributed by atoms with Crippen molar-refractivity contribution in [1.29, 1.82) is 0 Å². The predicted octanol–water partition coefficient (Wildman–Crippen LogP) is 4.35. The van der Waals surface area contributed by atoms with Crippen molar-refractivity contribution in [2.24, 2.45) is 4.99 Å². The number of aromatic nitrogens is 1. The Morgan fingerprint density at radius 2 is 1.86 bits per heavy atom. The number of sulfonamides is 1. The number of carbonyl (C=O) groups excluding carboxylic acids is 1. The lowest BCUT2D eigenvalue weighted by Crippen LogP contribution is -2.16. The Hall–Kier alpha value is -4.29. The molecule has 4 aromatic rings. The second-order valence-electron chi connectivity index (χ2n) is 7.47. The summed E-state index contributed by atoms with van der Waals surface area (Å²) in [6.45, 7) is 4.08. The number of anilines is 1. The van der Waals surface area contributed by atoms with Crippen LogP contribution in [-0.2, 0) is 16.6 Å². The van der Waals surface area contributed by atoms with E-state index in [0.29, 0.717) is 27.3 Å². The maximum Gasteiger partial charge on any atom is 0.279 e. The number of rotatable bonds is 8. The summed E-state index contributed by atoms with van der Waals surface area (Å²) in [5.41, 5.74) is 1.16. The Kier molecular flexibility index (Phi) is 6.99. The van der Waals surface area contributed by atoms with Crippen molar-refractivity contribution in [2.75, 3.05) is 11.8 Å². The number of nitro groups is 1. The first kappa shape index (κ1) is 24.8. The third-order valence-corrected chi connectivity index (χ3v) is 7.58. The lowest BCUT2D eigenvalue weighted by molar-refractivity contribution is -0.384. The van der Waals surface area contributed by atoms with Gasteiger partial charge in [-0.1, -0.05) is 17.4 Å². The van der Waals surface area contributed by atoms with E-state index in [2.05, 4.69) is 16.3 Å². The molecule has 0 aliphatic heterocycles. The topological polar surface area (TPSA) is 133 Å². The zero-order valence-corrected chi connectivity index (χ0v) is 20.6. The van der Waals surface area contributed by atoms with Crippen LogP contribution in [0.5, 0.6) is 5.75 Å². The number of allylic oxidation sites excluding steroid dienone is 1. The lowest BCUT2D eigenvalue weighted by Gasteiger charge is -2.09. The molecule has 10 nitrogen and oxygen atoms in total. The molecule has 1 amide bonds. The second kappa shape index (κ2) is 10.1. The van der Waals surface area contributed by atoms with Crippen molar-refractivity contribution in [3.05, 3.63) is 99.9 Å². The molecule has 0 saturated carbocycles. The number of benzene rings is 3. The van der Waals surface area contributed by atoms with Gasteiger partial charge in [0, 0.05) is 29.9 Å². The molecule has 0 atom stereocenters. The monoisotopic (exact) mass is 524 g/mol. The van der Waals surface area contributed by atoms with E-state index in [-0.39, 0.29) is 21.8 Å². The SMILES string of the molecule is C=CCn1c(=NC(=O)c2ccc(NS(=O)(=O)c3ccc(OC)cc3)cc2)sc2cc([N+](=O)[O-])ccc21. The highest BCUT2D eigenvalue weighted by atomic mass is 32.2. The number of thiazole rings is 1. The van der Waals surface area contributed by atoms with E-state index in [9.17, 15) is 23.3 Å². The van der Waals surface area contributed by atoms with Crippen LogP contribution in [0.15, 0.2) is 89.3 Å². The normalized spacial score (nSPS) is 11.9. The van der Waals surface area contributed by atoms with Crippen LogP contribution >= 0.6 is 11.3 Å². The fourth-order valence-electron chi connectivity index (χ4n) is 3.37. The van der Waals surface area contributed by atoms with E-state index < -0.39 is 20.9 Å². The van der Waals surface area contributed by atoms with Gasteiger partial charge in [-0.15, -0.1) is 6.58 Å². The maximum atomic E-state index is 12.8. The summed E-state index contributed by atoms with van der Waals surface area (Å²) in [4.78, 5) is 28.1. The molecule has 12 heteroatoms. The summed E-state index contributed by atoms with van der Waals surface area (Å²) in [7, 11) is -2.34. The molecule has 0 unspecified atom stereocenters. The standard InChI is InChI=1S/C24H20N4O6S2/c1-3-14-27-21-13-8-18(28(30)31)15-22(21)35-24(27)25-23(29)16-4-6-17(7-5-16)26-36(32,33)20-11-9-19(34-2)10-12-20/h3-13,15,26H,1,14H2,2H3. The summed E-state index contributed by atoms with van der Waals surface area (Å²) < 4.78 is 35.1. The number of ether oxygens (including phenoxy) is 1. The van der Waals surface area contributed by atoms with E-state index in [4.69, 9.17) is 4.74 Å². The number of nitrogens with zero attached hydrogens (tertiary/aromatic N) is 3. The highest BCUT2D eigenvalue weighted by Crippen LogP contribution is 2.24. The van der Waals surface area contributed by atoms with Gasteiger partial charge in [-0.2, -0.15) is 4.99 Å². The van der Waals surface area contributed by atoms with Gasteiger partial charge >= 0.3 is 0 Å². The Bertz CT molecular complexity index is 1640. The summed E-state index contributed by atoms with van der Waals surface area (Å²) in [5.74, 6) is -0.00901. The first-order chi connectivity index (χ1) is 17.2. The summed E-state index contributed by atoms with van der Waals surface area (Å²) in [6.07, 6.45) is 1.64. The Morgan fingerprint density at radius 1 is 1.17 bits per heavy atom. The van der Waals surface area contributed by atoms with Gasteiger partial charge in [-0.05, 0) is 54.6 Å². The van der Waals surface area contributed by atoms with Crippen LogP contribution in [0.25, 0.3) is 10.2 Å². The van der Waals surface area contributed by atoms with Crippen molar-refractivity contribution >= 4 is 48.9 Å². The summed E-state index contributed by atoms with van der Waals surface area (Å²) in [5, 5.41) is 11.1. The van der Waals surface area contributed by atoms with Gasteiger partial charge < -0.3 is 9.30 Å². The molecule has 0 aliphatic rings. The van der Waals surface area contributed by atoms with Crippen molar-refractivity contribution in [2.45, 2.75) is 11.4 Å². The van der Waals surface area contributed by atoms with Crippen molar-refractivity contribution in [3.63, 3.8) is 0 Å². The van der Waals surface area contributed by atoms with E-state index in [1.165, 1.54) is 55.6 Å². The molecule has 0 aliphatic carbocycles. The first-order valence-electron chi connectivity index (χ1n) is 10.5. The highest BCUT2D eigenvalue weighted by molar-refractivity contribution is 7.92. The van der Waals surface area contributed by atoms with Gasteiger partial charge in [0.05, 0.1) is 27.1 Å². The van der Waals surface area contributed by atoms with Gasteiger partial charge in [0.25, 0.3) is 21.6 Å². The zero-order valence-electron chi connectivity index (χ0n) is 19.0. The maximum absolute atomic E-state index is 12.8. The highest BCUT2D eigenvalue weighted by Gasteiger charge is 2.16. The van der Waals surface area contributed by atoms with Gasteiger partial charge in [0.1, 0.15) is 5.75 Å². The number of nitrogens with one attached hydrogen (secondary N) is 1. The molecule has 0 bridgehead atoms. The number of hydrogen-bond acceptors (Lipinski definition) is 7. The van der Waals surface area contributed by atoms with Crippen LogP contribution in [0.4, 0.5) is 11.4 Å². The van der Waals surface area contributed by atoms with Crippen molar-refractivity contribution in [3.8, 4) is 5.75 Å². The molecule has 1 aromatic heterocycles. The van der Waals surface area contributed by atoms with E-state index in [1.807, 2.05) is 0 Å². The minimum atomic E-state index is -3.83. The van der Waals surface area contributed by atoms with Gasteiger partial charge in [0.2, 0.25) is 0 Å². The molecule has 0 radical (unpaired) electrons. The van der Waals surface area contributed by atoms with E-state index >= 15 is 0 Å². The average Bonchev–Trinajstić information content (AvgIpc) is 3.20. The van der Waals surface area contributed by atoms with Gasteiger partial charge in [0.15, 0.2) is 4.80 Å². The number of non-ortho nitro benzene ring substituents is 1. The number of methoxy groups -OCH3 is 1. The molecule has 1 heterocycles. The molecule has 0 spiro atoms. The molecule has 0 fully saturated rings. The lowest BCUT2D eigenvalue weighted by atomic mass is 10.2. The van der Waals surface area contributed by atoms with E-state index in [0.717, 1.165) is 11.3 Å². The number of carbonyl (C=O) groups is 1. The van der Waals surface area contributed by atoms with Crippen LogP contribution in [0.3, 0.4) is 0 Å². The predicted molar refractivity (Wildman–Crippen MR) is 137 cm³/mol. The van der Waals surface area contributed by atoms with Crippen molar-refractivity contribution < 1.29 is 22.9 Å². The van der Waals surface area contributed by atoms with Crippen LogP contribution in [0, 0.1) is 10.1 Å². The van der Waals surface area contributed by atoms with Crippen LogP contribution in [0.1, 0.15) is 10.4 Å². The summed E-state index contributed by atoms with van der Waals surface area (Å²) in [6, 6.07) is 16.3. The van der Waals surface area contributed by atoms with Crippen LogP contribution in [-0.4, -0.2) is 30.9 Å². The third-order valence-electron chi connectivity index (χ3n) is 5.14. The first-order valence-corrected chi connectivity index (χ1v) is 12.8. The third kappa shape index (κ3) is 5.19. The molecule has 36 heavy (non-hydrogen) atoms. The number of hydrogen-bond donors (Lipinski definition) is 1. The minimum Gasteiger partial charge on any atom is -0.497 e. The Balaban J connectivity index is 1.60. The number of amides is 1. The molecular formula is C24H20N4O6S2.